The highest BCUT2D eigenvalue weighted by Crippen LogP contribution is 2.27. The molecule has 19 heavy (non-hydrogen) atoms. The predicted molar refractivity (Wildman–Crippen MR) is 75.1 cm³/mol. The number of pyridine rings is 1. The fourth-order valence-corrected chi connectivity index (χ4v) is 2.18. The molecule has 0 radical (unpaired) electrons. The Morgan fingerprint density at radius 3 is 2.89 bits per heavy atom. The van der Waals surface area contributed by atoms with Crippen LogP contribution < -0.4 is 5.73 Å². The number of nitrogens with two attached hydrogens (primary N) is 1. The molecule has 0 atom stereocenters. The van der Waals surface area contributed by atoms with Crippen LogP contribution in [0.1, 0.15) is 10.4 Å². The van der Waals surface area contributed by atoms with Gasteiger partial charge in [0, 0.05) is 28.9 Å². The van der Waals surface area contributed by atoms with Gasteiger partial charge in [0.15, 0.2) is 0 Å². The molecule has 0 saturated heterocycles. The molecule has 0 spiro atoms. The van der Waals surface area contributed by atoms with E-state index in [1.54, 1.807) is 30.6 Å². The van der Waals surface area contributed by atoms with Gasteiger partial charge >= 0.3 is 0 Å². The van der Waals surface area contributed by atoms with E-state index in [0.717, 1.165) is 22.2 Å². The molecule has 94 valence electrons. The van der Waals surface area contributed by atoms with Gasteiger partial charge in [-0.25, -0.2) is 4.98 Å². The van der Waals surface area contributed by atoms with Gasteiger partial charge in [-0.2, -0.15) is 0 Å². The van der Waals surface area contributed by atoms with Crippen molar-refractivity contribution < 1.29 is 4.79 Å². The highest BCUT2D eigenvalue weighted by molar-refractivity contribution is 6.35. The Morgan fingerprint density at radius 1 is 1.26 bits per heavy atom. The van der Waals surface area contributed by atoms with E-state index in [9.17, 15) is 4.79 Å². The summed E-state index contributed by atoms with van der Waals surface area (Å²) in [5.41, 5.74) is 8.25. The molecule has 0 aliphatic carbocycles. The van der Waals surface area contributed by atoms with Crippen molar-refractivity contribution in [2.24, 2.45) is 5.73 Å². The molecule has 0 fully saturated rings. The first-order valence-corrected chi connectivity index (χ1v) is 6.06. The number of hydrogen-bond acceptors (Lipinski definition) is 2. The number of halogens is 1. The first kappa shape index (κ1) is 11.7. The molecule has 3 rings (SSSR count). The number of benzene rings is 1. The average Bonchev–Trinajstić information content (AvgIpc) is 2.80. The lowest BCUT2D eigenvalue weighted by Gasteiger charge is -2.03. The maximum Gasteiger partial charge on any atom is 0.248 e. The van der Waals surface area contributed by atoms with Crippen molar-refractivity contribution >= 4 is 28.5 Å². The van der Waals surface area contributed by atoms with Crippen molar-refractivity contribution in [3.63, 3.8) is 0 Å². The normalized spacial score (nSPS) is 10.8. The van der Waals surface area contributed by atoms with Crippen molar-refractivity contribution in [1.29, 1.82) is 0 Å². The van der Waals surface area contributed by atoms with Crippen molar-refractivity contribution in [2.45, 2.75) is 0 Å². The second-order valence-corrected chi connectivity index (χ2v) is 4.61. The largest absolute Gasteiger partial charge is 0.366 e. The number of H-pyrrole nitrogens is 1. The summed E-state index contributed by atoms with van der Waals surface area (Å²) in [4.78, 5) is 18.5. The Balaban J connectivity index is 2.15. The van der Waals surface area contributed by atoms with Gasteiger partial charge in [0.1, 0.15) is 5.65 Å². The van der Waals surface area contributed by atoms with E-state index in [-0.39, 0.29) is 0 Å². The van der Waals surface area contributed by atoms with Crippen molar-refractivity contribution in [3.8, 4) is 11.1 Å². The molecule has 1 amide bonds. The third kappa shape index (κ3) is 2.06. The number of fused-ring (bicyclic) bond motifs is 1. The molecule has 3 N–H and O–H groups in total. The van der Waals surface area contributed by atoms with Gasteiger partial charge in [-0.1, -0.05) is 23.7 Å². The Kier molecular flexibility index (Phi) is 2.72. The summed E-state index contributed by atoms with van der Waals surface area (Å²) in [5, 5.41) is 1.47. The Bertz CT molecular complexity index is 779. The van der Waals surface area contributed by atoms with Crippen LogP contribution in [0.4, 0.5) is 0 Å². The van der Waals surface area contributed by atoms with Crippen LogP contribution in [0.3, 0.4) is 0 Å². The smallest absolute Gasteiger partial charge is 0.248 e. The average molecular weight is 272 g/mol. The van der Waals surface area contributed by atoms with Crippen LogP contribution in [-0.2, 0) is 0 Å². The zero-order chi connectivity index (χ0) is 13.4. The Hall–Kier alpha value is -2.33. The van der Waals surface area contributed by atoms with Crippen LogP contribution in [0.15, 0.2) is 42.7 Å². The molecule has 0 bridgehead atoms. The number of primary amides is 1. The lowest BCUT2D eigenvalue weighted by Crippen LogP contribution is -2.10. The third-order valence-electron chi connectivity index (χ3n) is 2.96. The molecule has 0 unspecified atom stereocenters. The zero-order valence-electron chi connectivity index (χ0n) is 9.85. The van der Waals surface area contributed by atoms with E-state index in [0.29, 0.717) is 10.6 Å². The molecular weight excluding hydrogens is 262 g/mol. The van der Waals surface area contributed by atoms with Crippen LogP contribution in [0.25, 0.3) is 22.2 Å². The molecule has 4 nitrogen and oxygen atoms in total. The number of carbonyl (C=O) groups is 1. The summed E-state index contributed by atoms with van der Waals surface area (Å²) in [6, 6.07) is 9.04. The number of aromatic nitrogens is 2. The van der Waals surface area contributed by atoms with Crippen LogP contribution >= 0.6 is 11.6 Å². The summed E-state index contributed by atoms with van der Waals surface area (Å²) >= 11 is 6.07. The monoisotopic (exact) mass is 271 g/mol. The number of aromatic amines is 1. The minimum Gasteiger partial charge on any atom is -0.366 e. The van der Waals surface area contributed by atoms with E-state index in [1.807, 2.05) is 12.1 Å². The van der Waals surface area contributed by atoms with Crippen molar-refractivity contribution in [1.82, 2.24) is 9.97 Å². The quantitative estimate of drug-likeness (QED) is 0.752. The van der Waals surface area contributed by atoms with Gasteiger partial charge in [-0.15, -0.1) is 0 Å². The van der Waals surface area contributed by atoms with E-state index in [1.165, 1.54) is 0 Å². The van der Waals surface area contributed by atoms with Crippen molar-refractivity contribution in [3.05, 3.63) is 53.3 Å². The second-order valence-electron chi connectivity index (χ2n) is 4.20. The SMILES string of the molecule is NC(=O)c1cccc(-c2cnc3[nH]cc(Cl)c3c2)c1. The van der Waals surface area contributed by atoms with Gasteiger partial charge in [0.2, 0.25) is 5.91 Å². The highest BCUT2D eigenvalue weighted by Gasteiger charge is 2.07. The maximum absolute atomic E-state index is 11.2. The van der Waals surface area contributed by atoms with Crippen LogP contribution in [-0.4, -0.2) is 15.9 Å². The first-order chi connectivity index (χ1) is 9.15. The number of amides is 1. The number of rotatable bonds is 2. The summed E-state index contributed by atoms with van der Waals surface area (Å²) in [6.45, 7) is 0. The van der Waals surface area contributed by atoms with Gasteiger partial charge in [-0.3, -0.25) is 4.79 Å². The zero-order valence-corrected chi connectivity index (χ0v) is 10.6. The van der Waals surface area contributed by atoms with E-state index < -0.39 is 5.91 Å². The number of nitrogens with zero attached hydrogens (tertiary/aromatic N) is 1. The molecule has 3 aromatic rings. The van der Waals surface area contributed by atoms with Crippen LogP contribution in [0.5, 0.6) is 0 Å². The van der Waals surface area contributed by atoms with Gasteiger partial charge in [-0.05, 0) is 23.8 Å². The molecule has 0 aliphatic rings. The Morgan fingerprint density at radius 2 is 2.11 bits per heavy atom. The molecule has 1 aromatic carbocycles. The molecule has 2 heterocycles. The lowest BCUT2D eigenvalue weighted by atomic mass is 10.0. The van der Waals surface area contributed by atoms with Gasteiger partial charge in [0.05, 0.1) is 5.02 Å². The summed E-state index contributed by atoms with van der Waals surface area (Å²) < 4.78 is 0. The number of carbonyl (C=O) groups excluding carboxylic acids is 1. The first-order valence-electron chi connectivity index (χ1n) is 5.68. The highest BCUT2D eigenvalue weighted by atomic mass is 35.5. The molecular formula is C14H10ClN3O. The fourth-order valence-electron chi connectivity index (χ4n) is 1.98. The van der Waals surface area contributed by atoms with E-state index in [2.05, 4.69) is 9.97 Å². The summed E-state index contributed by atoms with van der Waals surface area (Å²) in [5.74, 6) is -0.449. The molecule has 0 saturated carbocycles. The van der Waals surface area contributed by atoms with Crippen molar-refractivity contribution in [2.75, 3.05) is 0 Å². The van der Waals surface area contributed by atoms with Gasteiger partial charge in [0.25, 0.3) is 0 Å². The molecule has 5 heteroatoms. The van der Waals surface area contributed by atoms with Crippen LogP contribution in [0.2, 0.25) is 5.02 Å². The van der Waals surface area contributed by atoms with E-state index >= 15 is 0 Å². The van der Waals surface area contributed by atoms with E-state index in [4.69, 9.17) is 17.3 Å². The topological polar surface area (TPSA) is 71.8 Å². The van der Waals surface area contributed by atoms with Gasteiger partial charge < -0.3 is 10.7 Å². The summed E-state index contributed by atoms with van der Waals surface area (Å²) in [6.07, 6.45) is 3.43. The molecule has 2 aromatic heterocycles. The summed E-state index contributed by atoms with van der Waals surface area (Å²) in [7, 11) is 0. The predicted octanol–water partition coefficient (Wildman–Crippen LogP) is 2.98. The number of nitrogens with one attached hydrogen (secondary N) is 1. The second kappa shape index (κ2) is 4.40. The fraction of sp³-hybridized carbons (Fsp3) is 0. The maximum atomic E-state index is 11.2. The Labute approximate surface area is 114 Å². The van der Waals surface area contributed by atoms with Crippen LogP contribution in [0, 0.1) is 0 Å². The minimum atomic E-state index is -0.449. The lowest BCUT2D eigenvalue weighted by molar-refractivity contribution is 0.100. The molecule has 0 aliphatic heterocycles. The standard InChI is InChI=1S/C14H10ClN3O/c15-12-7-18-14-11(12)5-10(6-17-14)8-2-1-3-9(4-8)13(16)19/h1-7H,(H2,16,19)(H,17,18). The number of hydrogen-bond donors (Lipinski definition) is 2. The third-order valence-corrected chi connectivity index (χ3v) is 3.27. The minimum absolute atomic E-state index is 0.449.